The van der Waals surface area contributed by atoms with Gasteiger partial charge in [0.25, 0.3) is 0 Å². The van der Waals surface area contributed by atoms with Gasteiger partial charge in [-0.1, -0.05) is 24.3 Å². The van der Waals surface area contributed by atoms with Gasteiger partial charge in [-0.3, -0.25) is 4.90 Å². The van der Waals surface area contributed by atoms with Gasteiger partial charge in [-0.25, -0.2) is 4.39 Å². The monoisotopic (exact) mass is 486 g/mol. The number of alkyl halides is 3. The summed E-state index contributed by atoms with van der Waals surface area (Å²) in [5.74, 6) is 0.368. The maximum absolute atomic E-state index is 13.6. The zero-order valence-electron chi connectivity index (χ0n) is 19.2. The first-order valence-corrected chi connectivity index (χ1v) is 11.5. The number of halogens is 4. The molecule has 0 saturated carbocycles. The number of anilines is 2. The molecule has 3 aromatic carbocycles. The average Bonchev–Trinajstić information content (AvgIpc) is 2.84. The van der Waals surface area contributed by atoms with Crippen LogP contribution in [0.15, 0.2) is 72.8 Å². The normalized spacial score (nSPS) is 22.4. The van der Waals surface area contributed by atoms with Gasteiger partial charge in [0.15, 0.2) is 5.72 Å². The lowest BCUT2D eigenvalue weighted by atomic mass is 9.83. The molecule has 0 spiro atoms. The maximum Gasteiger partial charge on any atom is 0.416 e. The molecule has 2 aliphatic heterocycles. The number of piperidine rings is 1. The molecule has 0 aliphatic carbocycles. The number of nitrogens with zero attached hydrogens (tertiary/aromatic N) is 2. The van der Waals surface area contributed by atoms with Crippen molar-refractivity contribution in [2.45, 2.75) is 37.3 Å². The Kier molecular flexibility index (Phi) is 5.76. The van der Waals surface area contributed by atoms with Crippen LogP contribution in [0.4, 0.5) is 28.9 Å². The Bertz CT molecular complexity index is 1210. The number of hydrogen-bond acceptors (Lipinski definition) is 4. The van der Waals surface area contributed by atoms with Crippen LogP contribution in [0.3, 0.4) is 0 Å². The van der Waals surface area contributed by atoms with Crippen LogP contribution >= 0.6 is 0 Å². The van der Waals surface area contributed by atoms with Gasteiger partial charge in [0.2, 0.25) is 0 Å². The van der Waals surface area contributed by atoms with E-state index < -0.39 is 23.1 Å². The van der Waals surface area contributed by atoms with Gasteiger partial charge >= 0.3 is 6.18 Å². The van der Waals surface area contributed by atoms with E-state index in [2.05, 4.69) is 9.80 Å². The molecule has 0 amide bonds. The van der Waals surface area contributed by atoms with E-state index in [1.807, 2.05) is 31.2 Å². The number of ether oxygens (including phenoxy) is 1. The molecular formula is C27H26F4N2O2. The van der Waals surface area contributed by atoms with E-state index in [9.17, 15) is 22.7 Å². The molecule has 0 aromatic heterocycles. The molecule has 1 N–H and O–H groups in total. The minimum Gasteiger partial charge on any atom is -0.469 e. The number of fused-ring (bicyclic) bond motifs is 1. The van der Waals surface area contributed by atoms with Crippen molar-refractivity contribution in [2.75, 3.05) is 24.5 Å². The summed E-state index contributed by atoms with van der Waals surface area (Å²) >= 11 is 0. The van der Waals surface area contributed by atoms with Gasteiger partial charge in [0.1, 0.15) is 11.6 Å². The highest BCUT2D eigenvalue weighted by atomic mass is 19.4. The van der Waals surface area contributed by atoms with Crippen LogP contribution in [0.2, 0.25) is 0 Å². The fraction of sp³-hybridized carbons (Fsp3) is 0.333. The van der Waals surface area contributed by atoms with Crippen LogP contribution in [0.5, 0.6) is 5.75 Å². The third-order valence-corrected chi connectivity index (χ3v) is 7.06. The number of para-hydroxylation sites is 2. The van der Waals surface area contributed by atoms with Crippen molar-refractivity contribution in [1.82, 2.24) is 4.90 Å². The minimum atomic E-state index is -4.46. The number of hydrogen-bond donors (Lipinski definition) is 1. The van der Waals surface area contributed by atoms with Crippen LogP contribution < -0.4 is 9.64 Å². The third-order valence-electron chi connectivity index (χ3n) is 7.06. The highest BCUT2D eigenvalue weighted by molar-refractivity contribution is 5.70. The van der Waals surface area contributed by atoms with E-state index in [4.69, 9.17) is 4.74 Å². The molecule has 8 heteroatoms. The molecule has 5 rings (SSSR count). The minimum absolute atomic E-state index is 0.269. The van der Waals surface area contributed by atoms with Crippen molar-refractivity contribution < 1.29 is 27.4 Å². The predicted octanol–water partition coefficient (Wildman–Crippen LogP) is 6.07. The van der Waals surface area contributed by atoms with Crippen molar-refractivity contribution in [3.63, 3.8) is 0 Å². The summed E-state index contributed by atoms with van der Waals surface area (Å²) in [7, 11) is 0. The lowest BCUT2D eigenvalue weighted by Gasteiger charge is -2.51. The fourth-order valence-electron chi connectivity index (χ4n) is 5.05. The lowest BCUT2D eigenvalue weighted by Crippen LogP contribution is -2.62. The van der Waals surface area contributed by atoms with Crippen LogP contribution in [-0.2, 0) is 11.8 Å². The van der Waals surface area contributed by atoms with Crippen LogP contribution in [0.1, 0.15) is 30.9 Å². The van der Waals surface area contributed by atoms with E-state index >= 15 is 0 Å². The van der Waals surface area contributed by atoms with Gasteiger partial charge < -0.3 is 14.7 Å². The molecule has 4 nitrogen and oxygen atoms in total. The SMILES string of the molecule is CC1(N2CCC(O)(c3cccc(C(F)(F)F)c3)CC2)CN(c2ccc(F)cc2)c2ccccc2O1. The van der Waals surface area contributed by atoms with Crippen molar-refractivity contribution >= 4 is 11.4 Å². The molecule has 1 unspecified atom stereocenters. The quantitative estimate of drug-likeness (QED) is 0.456. The third kappa shape index (κ3) is 4.48. The summed E-state index contributed by atoms with van der Waals surface area (Å²) in [6.07, 6.45) is -3.93. The molecule has 184 valence electrons. The summed E-state index contributed by atoms with van der Waals surface area (Å²) in [4.78, 5) is 4.19. The number of rotatable bonds is 3. The molecule has 1 saturated heterocycles. The Morgan fingerprint density at radius 3 is 2.29 bits per heavy atom. The summed E-state index contributed by atoms with van der Waals surface area (Å²) in [5, 5.41) is 11.3. The standard InChI is InChI=1S/C27H26F4N2O2/c1-25(18-33(22-11-9-21(28)10-12-22)23-7-2-3-8-24(23)35-25)32-15-13-26(34,14-16-32)19-5-4-6-20(17-19)27(29,30)31/h2-12,17,34H,13-16,18H2,1H3. The Morgan fingerprint density at radius 2 is 1.60 bits per heavy atom. The number of likely N-dealkylation sites (tertiary alicyclic amines) is 1. The second kappa shape index (κ2) is 8.53. The Morgan fingerprint density at radius 1 is 0.914 bits per heavy atom. The van der Waals surface area contributed by atoms with E-state index in [0.29, 0.717) is 25.4 Å². The highest BCUT2D eigenvalue weighted by Crippen LogP contribution is 2.44. The van der Waals surface area contributed by atoms with E-state index in [1.54, 1.807) is 18.2 Å². The molecule has 35 heavy (non-hydrogen) atoms. The first kappa shape index (κ1) is 23.6. The molecule has 0 bridgehead atoms. The van der Waals surface area contributed by atoms with Gasteiger partial charge in [0.05, 0.1) is 23.4 Å². The van der Waals surface area contributed by atoms with Crippen molar-refractivity contribution in [3.05, 3.63) is 89.7 Å². The molecule has 2 aliphatic rings. The Labute approximate surface area is 201 Å². The highest BCUT2D eigenvalue weighted by Gasteiger charge is 2.46. The first-order chi connectivity index (χ1) is 16.6. The van der Waals surface area contributed by atoms with Gasteiger partial charge in [-0.2, -0.15) is 13.2 Å². The summed E-state index contributed by atoms with van der Waals surface area (Å²) in [5.41, 5.74) is -0.908. The van der Waals surface area contributed by atoms with Gasteiger partial charge in [-0.05, 0) is 73.9 Å². The first-order valence-electron chi connectivity index (χ1n) is 11.5. The molecular weight excluding hydrogens is 460 g/mol. The zero-order chi connectivity index (χ0) is 24.8. The van der Waals surface area contributed by atoms with Gasteiger partial charge in [-0.15, -0.1) is 0 Å². The van der Waals surface area contributed by atoms with E-state index in [-0.39, 0.29) is 24.2 Å². The van der Waals surface area contributed by atoms with Crippen LogP contribution in [0, 0.1) is 5.82 Å². The Balaban J connectivity index is 1.39. The fourth-order valence-corrected chi connectivity index (χ4v) is 5.05. The van der Waals surface area contributed by atoms with Gasteiger partial charge in [0, 0.05) is 18.8 Å². The second-order valence-corrected chi connectivity index (χ2v) is 9.40. The van der Waals surface area contributed by atoms with Crippen molar-refractivity contribution in [3.8, 4) is 5.75 Å². The lowest BCUT2D eigenvalue weighted by molar-refractivity contribution is -0.138. The summed E-state index contributed by atoms with van der Waals surface area (Å²) < 4.78 is 59.6. The van der Waals surface area contributed by atoms with Crippen molar-refractivity contribution in [2.24, 2.45) is 0 Å². The number of aliphatic hydroxyl groups is 1. The van der Waals surface area contributed by atoms with Crippen LogP contribution in [-0.4, -0.2) is 35.4 Å². The molecule has 1 atom stereocenters. The molecule has 2 heterocycles. The maximum atomic E-state index is 13.6. The predicted molar refractivity (Wildman–Crippen MR) is 125 cm³/mol. The molecule has 0 radical (unpaired) electrons. The Hall–Kier alpha value is -3.10. The van der Waals surface area contributed by atoms with Crippen LogP contribution in [0.25, 0.3) is 0 Å². The molecule has 3 aromatic rings. The largest absolute Gasteiger partial charge is 0.469 e. The summed E-state index contributed by atoms with van der Waals surface area (Å²) in [6.45, 7) is 3.29. The number of benzene rings is 3. The smallest absolute Gasteiger partial charge is 0.416 e. The average molecular weight is 487 g/mol. The second-order valence-electron chi connectivity index (χ2n) is 9.40. The summed E-state index contributed by atoms with van der Waals surface area (Å²) in [6, 6.07) is 18.9. The topological polar surface area (TPSA) is 35.9 Å². The van der Waals surface area contributed by atoms with E-state index in [1.165, 1.54) is 18.2 Å². The van der Waals surface area contributed by atoms with E-state index in [0.717, 1.165) is 23.5 Å². The van der Waals surface area contributed by atoms with Crippen molar-refractivity contribution in [1.29, 1.82) is 0 Å². The zero-order valence-corrected chi connectivity index (χ0v) is 19.2. The molecule has 1 fully saturated rings.